The van der Waals surface area contributed by atoms with E-state index in [4.69, 9.17) is 5.73 Å². The fourth-order valence-electron chi connectivity index (χ4n) is 2.81. The van der Waals surface area contributed by atoms with Crippen molar-refractivity contribution in [3.63, 3.8) is 0 Å². The number of nitrogens with two attached hydrogens (primary N) is 1. The summed E-state index contributed by atoms with van der Waals surface area (Å²) in [5.41, 5.74) is 2.77. The summed E-state index contributed by atoms with van der Waals surface area (Å²) >= 11 is 0. The predicted octanol–water partition coefficient (Wildman–Crippen LogP) is 4.46. The van der Waals surface area contributed by atoms with E-state index in [0.29, 0.717) is 6.07 Å². The van der Waals surface area contributed by atoms with Crippen LogP contribution in [0.1, 0.15) is 23.7 Å². The Bertz CT molecular complexity index is 1010. The van der Waals surface area contributed by atoms with E-state index < -0.39 is 35.0 Å². The number of aryl methyl sites for hydroxylation is 2. The van der Waals surface area contributed by atoms with Gasteiger partial charge in [-0.3, -0.25) is 4.68 Å². The van der Waals surface area contributed by atoms with Gasteiger partial charge in [0.2, 0.25) is 0 Å². The molecular formula is C17H15F6N5. The molecular weight excluding hydrogens is 388 g/mol. The predicted molar refractivity (Wildman–Crippen MR) is 89.6 cm³/mol. The van der Waals surface area contributed by atoms with E-state index in [9.17, 15) is 26.3 Å². The first kappa shape index (κ1) is 19.8. The highest BCUT2D eigenvalue weighted by atomic mass is 19.4. The number of nitrogen functional groups attached to an aromatic ring is 1. The van der Waals surface area contributed by atoms with Gasteiger partial charge < -0.3 is 5.73 Å². The Labute approximate surface area is 155 Å². The topological polar surface area (TPSA) is 61.7 Å². The molecule has 0 atom stereocenters. The lowest BCUT2D eigenvalue weighted by atomic mass is 9.98. The highest BCUT2D eigenvalue weighted by Gasteiger charge is 2.40. The summed E-state index contributed by atoms with van der Waals surface area (Å²) in [6.45, 7) is 1.60. The lowest BCUT2D eigenvalue weighted by Gasteiger charge is -2.13. The lowest BCUT2D eigenvalue weighted by Crippen LogP contribution is -2.10. The fraction of sp³-hybridized carbons (Fsp3) is 0.294. The smallest absolute Gasteiger partial charge is 0.383 e. The molecule has 3 aromatic rings. The summed E-state index contributed by atoms with van der Waals surface area (Å²) in [5.74, 6) is -0.438. The van der Waals surface area contributed by atoms with Gasteiger partial charge in [-0.25, -0.2) is 0 Å². The van der Waals surface area contributed by atoms with Crippen LogP contribution in [0.25, 0.3) is 16.9 Å². The highest BCUT2D eigenvalue weighted by molar-refractivity contribution is 5.79. The van der Waals surface area contributed by atoms with Gasteiger partial charge in [0.15, 0.2) is 11.5 Å². The number of hydrogen-bond donors (Lipinski definition) is 1. The Morgan fingerprint density at radius 1 is 1.00 bits per heavy atom. The van der Waals surface area contributed by atoms with Crippen molar-refractivity contribution in [2.45, 2.75) is 25.7 Å². The number of alkyl halides is 6. The van der Waals surface area contributed by atoms with Gasteiger partial charge in [-0.05, 0) is 29.7 Å². The molecule has 150 valence electrons. The maximum Gasteiger partial charge on any atom is 0.435 e. The Kier molecular flexibility index (Phi) is 4.64. The van der Waals surface area contributed by atoms with Crippen molar-refractivity contribution in [1.29, 1.82) is 0 Å². The molecule has 0 fully saturated rings. The van der Waals surface area contributed by atoms with Gasteiger partial charge >= 0.3 is 12.4 Å². The second-order valence-corrected chi connectivity index (χ2v) is 6.14. The minimum Gasteiger partial charge on any atom is -0.383 e. The lowest BCUT2D eigenvalue weighted by molar-refractivity contribution is -0.140. The van der Waals surface area contributed by atoms with Gasteiger partial charge in [-0.1, -0.05) is 13.0 Å². The molecule has 0 amide bonds. The molecule has 3 rings (SSSR count). The standard InChI is InChI=1S/C17H15F6N5/c1-3-9-6-10(8-11(7-9)16(18,19)20)13-14(17(21,22)23)26-28(15(13)24)12-4-5-27(2)25-12/h4-8H,3,24H2,1-2H3. The fourth-order valence-corrected chi connectivity index (χ4v) is 2.81. The number of hydrogen-bond acceptors (Lipinski definition) is 3. The average molecular weight is 403 g/mol. The van der Waals surface area contributed by atoms with E-state index in [0.717, 1.165) is 10.7 Å². The number of rotatable bonds is 3. The SMILES string of the molecule is CCc1cc(-c2c(C(F)(F)F)nn(-c3ccn(C)n3)c2N)cc(C(F)(F)F)c1. The third kappa shape index (κ3) is 3.56. The van der Waals surface area contributed by atoms with E-state index >= 15 is 0 Å². The summed E-state index contributed by atoms with van der Waals surface area (Å²) in [4.78, 5) is 0. The van der Waals surface area contributed by atoms with Crippen molar-refractivity contribution in [3.05, 3.63) is 47.3 Å². The maximum absolute atomic E-state index is 13.6. The number of halogens is 6. The number of aromatic nitrogens is 4. The van der Waals surface area contributed by atoms with Crippen LogP contribution >= 0.6 is 0 Å². The van der Waals surface area contributed by atoms with Gasteiger partial charge in [0.1, 0.15) is 5.82 Å². The van der Waals surface area contributed by atoms with E-state index in [1.807, 2.05) is 0 Å². The van der Waals surface area contributed by atoms with E-state index in [2.05, 4.69) is 10.2 Å². The highest BCUT2D eigenvalue weighted by Crippen LogP contribution is 2.42. The van der Waals surface area contributed by atoms with Crippen molar-refractivity contribution in [2.75, 3.05) is 5.73 Å². The van der Waals surface area contributed by atoms with Crippen LogP contribution in [0.3, 0.4) is 0 Å². The summed E-state index contributed by atoms with van der Waals surface area (Å²) in [6.07, 6.45) is -7.97. The Balaban J connectivity index is 2.31. The summed E-state index contributed by atoms with van der Waals surface area (Å²) in [7, 11) is 1.55. The van der Waals surface area contributed by atoms with Gasteiger partial charge in [-0.15, -0.1) is 0 Å². The summed E-state index contributed by atoms with van der Waals surface area (Å²) in [6, 6.07) is 4.18. The number of nitrogens with zero attached hydrogens (tertiary/aromatic N) is 4. The van der Waals surface area contributed by atoms with E-state index in [-0.39, 0.29) is 23.4 Å². The third-order valence-electron chi connectivity index (χ3n) is 4.12. The summed E-state index contributed by atoms with van der Waals surface area (Å²) in [5, 5.41) is 7.45. The molecule has 0 bridgehead atoms. The van der Waals surface area contributed by atoms with Gasteiger partial charge in [0.05, 0.1) is 11.1 Å². The Morgan fingerprint density at radius 2 is 1.68 bits per heavy atom. The normalized spacial score (nSPS) is 12.6. The first-order valence-corrected chi connectivity index (χ1v) is 8.09. The Hall–Kier alpha value is -2.98. The quantitative estimate of drug-likeness (QED) is 0.657. The molecule has 1 aromatic carbocycles. The molecule has 11 heteroatoms. The molecule has 0 spiro atoms. The van der Waals surface area contributed by atoms with Crippen LogP contribution in [0.2, 0.25) is 0 Å². The summed E-state index contributed by atoms with van der Waals surface area (Å²) < 4.78 is 82.5. The monoisotopic (exact) mass is 403 g/mol. The zero-order chi connectivity index (χ0) is 20.9. The molecule has 0 radical (unpaired) electrons. The van der Waals surface area contributed by atoms with E-state index in [1.165, 1.54) is 23.0 Å². The van der Waals surface area contributed by atoms with Crippen molar-refractivity contribution < 1.29 is 26.3 Å². The van der Waals surface area contributed by atoms with Crippen LogP contribution in [-0.4, -0.2) is 19.6 Å². The molecule has 0 aliphatic heterocycles. The molecule has 0 saturated heterocycles. The van der Waals surface area contributed by atoms with Crippen LogP contribution in [0.4, 0.5) is 32.2 Å². The second kappa shape index (κ2) is 6.57. The van der Waals surface area contributed by atoms with Crippen molar-refractivity contribution >= 4 is 5.82 Å². The average Bonchev–Trinajstić information content (AvgIpc) is 3.16. The van der Waals surface area contributed by atoms with Gasteiger partial charge in [0, 0.05) is 19.3 Å². The van der Waals surface area contributed by atoms with Gasteiger partial charge in [-0.2, -0.15) is 41.2 Å². The molecule has 5 nitrogen and oxygen atoms in total. The van der Waals surface area contributed by atoms with Crippen LogP contribution in [0.15, 0.2) is 30.5 Å². The van der Waals surface area contributed by atoms with Gasteiger partial charge in [0.25, 0.3) is 0 Å². The van der Waals surface area contributed by atoms with Crippen LogP contribution in [-0.2, 0) is 25.8 Å². The molecule has 28 heavy (non-hydrogen) atoms. The minimum atomic E-state index is -4.93. The second-order valence-electron chi connectivity index (χ2n) is 6.14. The molecule has 2 aromatic heterocycles. The van der Waals surface area contributed by atoms with Crippen molar-refractivity contribution in [2.24, 2.45) is 7.05 Å². The zero-order valence-electron chi connectivity index (χ0n) is 14.7. The Morgan fingerprint density at radius 3 is 2.18 bits per heavy atom. The van der Waals surface area contributed by atoms with Crippen molar-refractivity contribution in [3.8, 4) is 16.9 Å². The zero-order valence-corrected chi connectivity index (χ0v) is 14.7. The first-order chi connectivity index (χ1) is 12.9. The van der Waals surface area contributed by atoms with Crippen LogP contribution in [0, 0.1) is 0 Å². The first-order valence-electron chi connectivity index (χ1n) is 8.09. The van der Waals surface area contributed by atoms with E-state index in [1.54, 1.807) is 14.0 Å². The maximum atomic E-state index is 13.6. The van der Waals surface area contributed by atoms with Crippen molar-refractivity contribution in [1.82, 2.24) is 19.6 Å². The molecule has 0 aliphatic carbocycles. The third-order valence-corrected chi connectivity index (χ3v) is 4.12. The minimum absolute atomic E-state index is 0.0134. The molecule has 0 unspecified atom stereocenters. The molecule has 0 saturated carbocycles. The van der Waals surface area contributed by atoms with Crippen LogP contribution < -0.4 is 5.73 Å². The van der Waals surface area contributed by atoms with Crippen LogP contribution in [0.5, 0.6) is 0 Å². The largest absolute Gasteiger partial charge is 0.435 e. The molecule has 0 aliphatic rings. The number of anilines is 1. The number of benzene rings is 1. The molecule has 2 N–H and O–H groups in total. The molecule has 2 heterocycles.